The van der Waals surface area contributed by atoms with E-state index < -0.39 is 17.1 Å². The zero-order valence-electron chi connectivity index (χ0n) is 15.7. The minimum absolute atomic E-state index is 0.0896. The molecule has 0 radical (unpaired) electrons. The van der Waals surface area contributed by atoms with Crippen LogP contribution in [0.4, 0.5) is 5.69 Å². The summed E-state index contributed by atoms with van der Waals surface area (Å²) in [4.78, 5) is 31.4. The zero-order valence-corrected chi connectivity index (χ0v) is 18.1. The molecule has 0 atom stereocenters. The standard InChI is InChI=1S/C20H14Cl2N4O3S/c1-10-3-5-14(11(2)7-10)26-19(28)12(18(27)25-20(26)29)8-24-13-4-6-15(30-9-23)17(22)16(13)21/h3-8,28H,1-2H3,(H,25,27,29). The Morgan fingerprint density at radius 3 is 2.60 bits per heavy atom. The van der Waals surface area contributed by atoms with E-state index in [2.05, 4.69) is 9.98 Å². The highest BCUT2D eigenvalue weighted by Crippen LogP contribution is 2.39. The average molecular weight is 461 g/mol. The van der Waals surface area contributed by atoms with Crippen LogP contribution >= 0.6 is 35.0 Å². The lowest BCUT2D eigenvalue weighted by atomic mass is 10.1. The maximum Gasteiger partial charge on any atom is 0.335 e. The molecular formula is C20H14Cl2N4O3S. The van der Waals surface area contributed by atoms with Crippen LogP contribution in [-0.2, 0) is 0 Å². The molecule has 0 aliphatic heterocycles. The second kappa shape index (κ2) is 8.79. The number of aromatic nitrogens is 2. The minimum atomic E-state index is -0.804. The molecule has 0 aliphatic rings. The second-order valence-corrected chi connectivity index (χ2v) is 7.87. The molecule has 0 fully saturated rings. The number of hydrogen-bond donors (Lipinski definition) is 2. The van der Waals surface area contributed by atoms with Gasteiger partial charge in [-0.2, -0.15) is 5.26 Å². The van der Waals surface area contributed by atoms with Crippen LogP contribution in [0.2, 0.25) is 10.0 Å². The second-order valence-electron chi connectivity index (χ2n) is 6.28. The third-order valence-electron chi connectivity index (χ3n) is 4.23. The minimum Gasteiger partial charge on any atom is -0.493 e. The summed E-state index contributed by atoms with van der Waals surface area (Å²) in [6.07, 6.45) is 1.10. The maximum atomic E-state index is 12.4. The van der Waals surface area contributed by atoms with E-state index in [9.17, 15) is 14.7 Å². The van der Waals surface area contributed by atoms with Crippen molar-refractivity contribution in [3.8, 4) is 17.0 Å². The number of halogens is 2. The van der Waals surface area contributed by atoms with Gasteiger partial charge >= 0.3 is 5.69 Å². The van der Waals surface area contributed by atoms with Gasteiger partial charge in [0, 0.05) is 11.1 Å². The molecule has 152 valence electrons. The van der Waals surface area contributed by atoms with Gasteiger partial charge in [0.15, 0.2) is 0 Å². The van der Waals surface area contributed by atoms with Crippen molar-refractivity contribution in [2.75, 3.05) is 0 Å². The van der Waals surface area contributed by atoms with Crippen molar-refractivity contribution >= 4 is 46.9 Å². The number of thiocyanates is 1. The first kappa shape index (κ1) is 21.7. The predicted octanol–water partition coefficient (Wildman–Crippen LogP) is 4.48. The smallest absolute Gasteiger partial charge is 0.335 e. The summed E-state index contributed by atoms with van der Waals surface area (Å²) in [6, 6.07) is 8.40. The molecule has 7 nitrogen and oxygen atoms in total. The van der Waals surface area contributed by atoms with E-state index in [0.29, 0.717) is 10.6 Å². The van der Waals surface area contributed by atoms with Crippen molar-refractivity contribution in [2.24, 2.45) is 4.99 Å². The van der Waals surface area contributed by atoms with Crippen LogP contribution in [0.3, 0.4) is 0 Å². The number of benzene rings is 2. The molecule has 0 aliphatic carbocycles. The Morgan fingerprint density at radius 1 is 1.20 bits per heavy atom. The normalized spacial score (nSPS) is 11.0. The van der Waals surface area contributed by atoms with Crippen LogP contribution in [0.1, 0.15) is 16.7 Å². The molecule has 2 N–H and O–H groups in total. The number of aliphatic imine (C=N–C) groups is 1. The molecule has 0 amide bonds. The van der Waals surface area contributed by atoms with Crippen LogP contribution in [0.15, 0.2) is 49.8 Å². The number of aromatic hydroxyl groups is 1. The number of aryl methyl sites for hydroxylation is 2. The Labute approximate surface area is 185 Å². The quantitative estimate of drug-likeness (QED) is 0.338. The van der Waals surface area contributed by atoms with Gasteiger partial charge in [0.1, 0.15) is 11.0 Å². The van der Waals surface area contributed by atoms with Crippen molar-refractivity contribution < 1.29 is 5.11 Å². The van der Waals surface area contributed by atoms with E-state index in [1.54, 1.807) is 25.1 Å². The number of nitrogens with zero attached hydrogens (tertiary/aromatic N) is 3. The zero-order chi connectivity index (χ0) is 22.0. The van der Waals surface area contributed by atoms with Crippen LogP contribution in [-0.4, -0.2) is 20.9 Å². The lowest BCUT2D eigenvalue weighted by Crippen LogP contribution is -2.31. The molecule has 0 spiro atoms. The SMILES string of the molecule is Cc1ccc(-n2c(O)c(C=Nc3ccc(SC#N)c(Cl)c3Cl)c(=O)[nH]c2=O)c(C)c1. The molecule has 10 heteroatoms. The van der Waals surface area contributed by atoms with Crippen molar-refractivity contribution in [1.82, 2.24) is 9.55 Å². The molecule has 1 aromatic heterocycles. The molecular weight excluding hydrogens is 447 g/mol. The Hall–Kier alpha value is -2.99. The number of nitriles is 1. The maximum absolute atomic E-state index is 12.4. The highest BCUT2D eigenvalue weighted by molar-refractivity contribution is 8.03. The predicted molar refractivity (Wildman–Crippen MR) is 119 cm³/mol. The van der Waals surface area contributed by atoms with Gasteiger partial charge in [-0.05, 0) is 49.4 Å². The van der Waals surface area contributed by atoms with Crippen LogP contribution in [0.5, 0.6) is 5.88 Å². The first-order chi connectivity index (χ1) is 14.2. The summed E-state index contributed by atoms with van der Waals surface area (Å²) in [5, 5.41) is 21.6. The van der Waals surface area contributed by atoms with Crippen LogP contribution in [0.25, 0.3) is 5.69 Å². The van der Waals surface area contributed by atoms with Gasteiger partial charge in [-0.1, -0.05) is 40.9 Å². The Kier molecular flexibility index (Phi) is 6.37. The number of hydrogen-bond acceptors (Lipinski definition) is 6. The number of aromatic amines is 1. The van der Waals surface area contributed by atoms with Gasteiger partial charge in [0.25, 0.3) is 5.56 Å². The van der Waals surface area contributed by atoms with Crippen molar-refractivity contribution in [2.45, 2.75) is 18.7 Å². The Balaban J connectivity index is 2.12. The lowest BCUT2D eigenvalue weighted by Gasteiger charge is -2.12. The van der Waals surface area contributed by atoms with Gasteiger partial charge in [0.05, 0.1) is 21.4 Å². The molecule has 3 rings (SSSR count). The molecule has 3 aromatic rings. The summed E-state index contributed by atoms with van der Waals surface area (Å²) in [7, 11) is 0. The number of rotatable bonds is 4. The molecule has 0 saturated heterocycles. The third kappa shape index (κ3) is 4.14. The van der Waals surface area contributed by atoms with E-state index in [-0.39, 0.29) is 21.3 Å². The molecule has 0 bridgehead atoms. The monoisotopic (exact) mass is 460 g/mol. The molecule has 0 unspecified atom stereocenters. The van der Waals surface area contributed by atoms with Crippen molar-refractivity contribution in [3.63, 3.8) is 0 Å². The molecule has 2 aromatic carbocycles. The summed E-state index contributed by atoms with van der Waals surface area (Å²) in [5.74, 6) is -0.557. The average Bonchev–Trinajstić information content (AvgIpc) is 2.68. The molecule has 0 saturated carbocycles. The van der Waals surface area contributed by atoms with Crippen LogP contribution in [0, 0.1) is 24.5 Å². The fourth-order valence-electron chi connectivity index (χ4n) is 2.82. The van der Waals surface area contributed by atoms with Crippen molar-refractivity contribution in [3.05, 3.63) is 77.9 Å². The summed E-state index contributed by atoms with van der Waals surface area (Å²) in [5.41, 5.74) is 0.571. The number of thioether (sulfide) groups is 1. The Morgan fingerprint density at radius 2 is 1.93 bits per heavy atom. The first-order valence-corrected chi connectivity index (χ1v) is 10.1. The fraction of sp³-hybridized carbons (Fsp3) is 0.100. The van der Waals surface area contributed by atoms with Crippen LogP contribution < -0.4 is 11.2 Å². The lowest BCUT2D eigenvalue weighted by molar-refractivity contribution is 0.430. The fourth-order valence-corrected chi connectivity index (χ4v) is 3.79. The van der Waals surface area contributed by atoms with E-state index in [4.69, 9.17) is 28.5 Å². The van der Waals surface area contributed by atoms with E-state index in [1.807, 2.05) is 18.4 Å². The van der Waals surface area contributed by atoms with Gasteiger partial charge in [-0.25, -0.2) is 9.36 Å². The molecule has 1 heterocycles. The largest absolute Gasteiger partial charge is 0.493 e. The van der Waals surface area contributed by atoms with E-state index in [1.165, 1.54) is 6.07 Å². The molecule has 30 heavy (non-hydrogen) atoms. The third-order valence-corrected chi connectivity index (χ3v) is 5.86. The summed E-state index contributed by atoms with van der Waals surface area (Å²) in [6.45, 7) is 3.69. The summed E-state index contributed by atoms with van der Waals surface area (Å²) >= 11 is 13.2. The highest BCUT2D eigenvalue weighted by atomic mass is 35.5. The van der Waals surface area contributed by atoms with Gasteiger partial charge in [-0.3, -0.25) is 14.8 Å². The summed E-state index contributed by atoms with van der Waals surface area (Å²) < 4.78 is 0.999. The van der Waals surface area contributed by atoms with E-state index in [0.717, 1.165) is 33.7 Å². The van der Waals surface area contributed by atoms with E-state index >= 15 is 0 Å². The topological polar surface area (TPSA) is 111 Å². The number of H-pyrrole nitrogens is 1. The van der Waals surface area contributed by atoms with Gasteiger partial charge < -0.3 is 5.11 Å². The van der Waals surface area contributed by atoms with Gasteiger partial charge in [0.2, 0.25) is 5.88 Å². The van der Waals surface area contributed by atoms with Gasteiger partial charge in [-0.15, -0.1) is 0 Å². The number of nitrogens with one attached hydrogen (secondary N) is 1. The highest BCUT2D eigenvalue weighted by Gasteiger charge is 2.16. The Bertz CT molecular complexity index is 1340. The van der Waals surface area contributed by atoms with Crippen molar-refractivity contribution in [1.29, 1.82) is 5.26 Å². The first-order valence-electron chi connectivity index (χ1n) is 8.48.